The van der Waals surface area contributed by atoms with Gasteiger partial charge in [-0.2, -0.15) is 0 Å². The Kier molecular flexibility index (Phi) is 12.4. The molecule has 0 saturated heterocycles. The van der Waals surface area contributed by atoms with Gasteiger partial charge in [-0.3, -0.25) is 19.2 Å². The van der Waals surface area contributed by atoms with Crippen LogP contribution >= 0.6 is 0 Å². The van der Waals surface area contributed by atoms with Gasteiger partial charge in [-0.25, -0.2) is 4.79 Å². The number of carboxylic acids is 2. The zero-order chi connectivity index (χ0) is 24.3. The van der Waals surface area contributed by atoms with E-state index in [1.165, 1.54) is 0 Å². The second kappa shape index (κ2) is 13.5. The Hall–Kier alpha value is -2.73. The molecule has 0 aliphatic heterocycles. The Labute approximate surface area is 180 Å². The first-order chi connectivity index (χ1) is 14.4. The topological polar surface area (TPSA) is 208 Å². The lowest BCUT2D eigenvalue weighted by Crippen LogP contribution is -2.60. The van der Waals surface area contributed by atoms with Crippen LogP contribution in [-0.4, -0.2) is 75.8 Å². The van der Waals surface area contributed by atoms with Crippen molar-refractivity contribution in [2.24, 2.45) is 17.6 Å². The Morgan fingerprint density at radius 2 is 1.32 bits per heavy atom. The summed E-state index contributed by atoms with van der Waals surface area (Å²) >= 11 is 0. The molecule has 0 aliphatic carbocycles. The minimum absolute atomic E-state index is 0.164. The van der Waals surface area contributed by atoms with Crippen LogP contribution in [0.15, 0.2) is 0 Å². The number of aliphatic hydroxyl groups excluding tert-OH is 1. The second-order valence-electron chi connectivity index (χ2n) is 7.52. The smallest absolute Gasteiger partial charge is 0.326 e. The van der Waals surface area contributed by atoms with Crippen molar-refractivity contribution in [2.45, 2.75) is 71.1 Å². The molecule has 0 fully saturated rings. The van der Waals surface area contributed by atoms with Gasteiger partial charge in [0.05, 0.1) is 19.1 Å². The molecule has 12 nitrogen and oxygen atoms in total. The van der Waals surface area contributed by atoms with E-state index < -0.39 is 72.8 Å². The highest BCUT2D eigenvalue weighted by Gasteiger charge is 2.33. The van der Waals surface area contributed by atoms with E-state index in [0.29, 0.717) is 12.8 Å². The van der Waals surface area contributed by atoms with Crippen LogP contribution in [0, 0.1) is 11.8 Å². The molecule has 0 aromatic rings. The Morgan fingerprint density at radius 1 is 0.806 bits per heavy atom. The number of aliphatic hydroxyl groups is 1. The third-order valence-corrected chi connectivity index (χ3v) is 5.16. The van der Waals surface area contributed by atoms with E-state index in [1.807, 2.05) is 6.92 Å². The van der Waals surface area contributed by atoms with Gasteiger partial charge in [0.15, 0.2) is 0 Å². The molecule has 0 radical (unpaired) electrons. The number of carboxylic acid groups (broad SMARTS) is 2. The summed E-state index contributed by atoms with van der Waals surface area (Å²) in [7, 11) is 0. The van der Waals surface area contributed by atoms with Gasteiger partial charge in [0.2, 0.25) is 17.7 Å². The lowest BCUT2D eigenvalue weighted by Gasteiger charge is -2.27. The van der Waals surface area contributed by atoms with E-state index in [1.54, 1.807) is 20.8 Å². The first-order valence-corrected chi connectivity index (χ1v) is 10.1. The maximum absolute atomic E-state index is 12.6. The predicted octanol–water partition coefficient (Wildman–Crippen LogP) is -1.59. The highest BCUT2D eigenvalue weighted by molar-refractivity contribution is 5.94. The summed E-state index contributed by atoms with van der Waals surface area (Å²) < 4.78 is 0. The van der Waals surface area contributed by atoms with Gasteiger partial charge in [-0.1, -0.05) is 40.5 Å². The maximum Gasteiger partial charge on any atom is 0.326 e. The van der Waals surface area contributed by atoms with Gasteiger partial charge in [0.1, 0.15) is 18.1 Å². The minimum atomic E-state index is -1.68. The molecule has 0 heterocycles. The van der Waals surface area contributed by atoms with Gasteiger partial charge in [0.25, 0.3) is 0 Å². The molecule has 178 valence electrons. The Morgan fingerprint density at radius 3 is 1.74 bits per heavy atom. The number of aliphatic carboxylic acids is 2. The SMILES string of the molecule is CCC(C)C(N)C(=O)NC(CO)C(=O)NC(C(=O)NC(CC(=O)O)C(=O)O)C(C)CC. The molecule has 0 saturated carbocycles. The Bertz CT molecular complexity index is 657. The average Bonchev–Trinajstić information content (AvgIpc) is 2.72. The molecular weight excluding hydrogens is 412 g/mol. The van der Waals surface area contributed by atoms with Gasteiger partial charge in [0, 0.05) is 0 Å². The van der Waals surface area contributed by atoms with Crippen molar-refractivity contribution < 1.29 is 39.3 Å². The van der Waals surface area contributed by atoms with Crippen LogP contribution in [0.3, 0.4) is 0 Å². The molecule has 0 aromatic heterocycles. The molecular formula is C19H34N4O8. The van der Waals surface area contributed by atoms with Gasteiger partial charge >= 0.3 is 11.9 Å². The molecule has 6 atom stereocenters. The summed E-state index contributed by atoms with van der Waals surface area (Å²) in [6.07, 6.45) is 0.205. The summed E-state index contributed by atoms with van der Waals surface area (Å²) in [6, 6.07) is -5.18. The molecule has 8 N–H and O–H groups in total. The lowest BCUT2D eigenvalue weighted by atomic mass is 9.97. The average molecular weight is 447 g/mol. The van der Waals surface area contributed by atoms with Crippen molar-refractivity contribution in [1.82, 2.24) is 16.0 Å². The molecule has 3 amide bonds. The second-order valence-corrected chi connectivity index (χ2v) is 7.52. The monoisotopic (exact) mass is 446 g/mol. The lowest BCUT2D eigenvalue weighted by molar-refractivity contribution is -0.147. The maximum atomic E-state index is 12.6. The third-order valence-electron chi connectivity index (χ3n) is 5.16. The van der Waals surface area contributed by atoms with Crippen LogP contribution in [0.1, 0.15) is 47.0 Å². The zero-order valence-electron chi connectivity index (χ0n) is 18.3. The molecule has 12 heteroatoms. The first-order valence-electron chi connectivity index (χ1n) is 10.1. The van der Waals surface area contributed by atoms with Gasteiger partial charge < -0.3 is 37.0 Å². The van der Waals surface area contributed by atoms with Gasteiger partial charge in [-0.15, -0.1) is 0 Å². The number of nitrogens with two attached hydrogens (primary N) is 1. The van der Waals surface area contributed by atoms with E-state index >= 15 is 0 Å². The summed E-state index contributed by atoms with van der Waals surface area (Å²) in [6.45, 7) is 6.22. The summed E-state index contributed by atoms with van der Waals surface area (Å²) in [5, 5.41) is 34.3. The number of rotatable bonds is 14. The van der Waals surface area contributed by atoms with Crippen LogP contribution < -0.4 is 21.7 Å². The summed E-state index contributed by atoms with van der Waals surface area (Å²) in [5.74, 6) is -5.97. The van der Waals surface area contributed by atoms with Crippen LogP contribution in [0.4, 0.5) is 0 Å². The van der Waals surface area contributed by atoms with E-state index in [9.17, 15) is 29.1 Å². The number of carbonyl (C=O) groups excluding carboxylic acids is 3. The Balaban J connectivity index is 5.37. The zero-order valence-corrected chi connectivity index (χ0v) is 18.3. The number of hydrogen-bond donors (Lipinski definition) is 7. The number of nitrogens with one attached hydrogen (secondary N) is 3. The number of hydrogen-bond acceptors (Lipinski definition) is 7. The van der Waals surface area contributed by atoms with Crippen molar-refractivity contribution in [3.8, 4) is 0 Å². The first kappa shape index (κ1) is 28.3. The number of carbonyl (C=O) groups is 5. The number of amides is 3. The van der Waals surface area contributed by atoms with Crippen LogP contribution in [0.25, 0.3) is 0 Å². The van der Waals surface area contributed by atoms with Crippen molar-refractivity contribution in [2.75, 3.05) is 6.61 Å². The van der Waals surface area contributed by atoms with Crippen LogP contribution in [0.5, 0.6) is 0 Å². The molecule has 0 rings (SSSR count). The normalized spacial score (nSPS) is 16.7. The third kappa shape index (κ3) is 9.30. The molecule has 0 aliphatic rings. The molecule has 6 unspecified atom stereocenters. The highest BCUT2D eigenvalue weighted by Crippen LogP contribution is 2.10. The fourth-order valence-corrected chi connectivity index (χ4v) is 2.57. The van der Waals surface area contributed by atoms with Crippen LogP contribution in [0.2, 0.25) is 0 Å². The minimum Gasteiger partial charge on any atom is -0.481 e. The molecule has 0 bridgehead atoms. The van der Waals surface area contributed by atoms with Crippen molar-refractivity contribution in [3.05, 3.63) is 0 Å². The van der Waals surface area contributed by atoms with Crippen molar-refractivity contribution in [3.63, 3.8) is 0 Å². The summed E-state index contributed by atoms with van der Waals surface area (Å²) in [4.78, 5) is 59.4. The molecule has 0 aromatic carbocycles. The summed E-state index contributed by atoms with van der Waals surface area (Å²) in [5.41, 5.74) is 5.82. The van der Waals surface area contributed by atoms with E-state index in [4.69, 9.17) is 15.9 Å². The molecule has 0 spiro atoms. The van der Waals surface area contributed by atoms with Crippen molar-refractivity contribution >= 4 is 29.7 Å². The van der Waals surface area contributed by atoms with Gasteiger partial charge in [-0.05, 0) is 11.8 Å². The van der Waals surface area contributed by atoms with Crippen LogP contribution in [-0.2, 0) is 24.0 Å². The van der Waals surface area contributed by atoms with E-state index in [0.717, 1.165) is 0 Å². The fourth-order valence-electron chi connectivity index (χ4n) is 2.57. The van der Waals surface area contributed by atoms with E-state index in [2.05, 4.69) is 16.0 Å². The largest absolute Gasteiger partial charge is 0.481 e. The predicted molar refractivity (Wildman–Crippen MR) is 110 cm³/mol. The van der Waals surface area contributed by atoms with Crippen molar-refractivity contribution in [1.29, 1.82) is 0 Å². The fraction of sp³-hybridized carbons (Fsp3) is 0.737. The molecule has 31 heavy (non-hydrogen) atoms. The highest BCUT2D eigenvalue weighted by atomic mass is 16.4. The van der Waals surface area contributed by atoms with E-state index in [-0.39, 0.29) is 5.92 Å². The standard InChI is InChI=1S/C19H34N4O8/c1-5-9(3)14(20)17(28)22-12(8-24)16(27)23-15(10(4)6-2)18(29)21-11(19(30)31)7-13(25)26/h9-12,14-15,24H,5-8,20H2,1-4H3,(H,21,29)(H,22,28)(H,23,27)(H,25,26)(H,30,31). The quantitative estimate of drug-likeness (QED) is 0.164.